The molecular formula is C13H24N2O2. The van der Waals surface area contributed by atoms with Gasteiger partial charge in [0.2, 0.25) is 5.91 Å². The molecule has 2 heterocycles. The zero-order valence-corrected chi connectivity index (χ0v) is 11.2. The molecule has 2 aliphatic rings. The van der Waals surface area contributed by atoms with Gasteiger partial charge < -0.3 is 15.0 Å². The standard InChI is InChI=1S/C13H24N2O2/c1-13(2)9-15(7-10(13)8-17-3)12(16)11-5-4-6-14-11/h10-11,14H,4-9H2,1-3H3/t10-,11-/m1/s1. The van der Waals surface area contributed by atoms with Gasteiger partial charge >= 0.3 is 0 Å². The topological polar surface area (TPSA) is 41.6 Å². The molecule has 98 valence electrons. The van der Waals surface area contributed by atoms with Gasteiger partial charge in [-0.2, -0.15) is 0 Å². The van der Waals surface area contributed by atoms with E-state index in [1.54, 1.807) is 7.11 Å². The highest BCUT2D eigenvalue weighted by Gasteiger charge is 2.42. The second-order valence-electron chi connectivity index (χ2n) is 6.01. The molecular weight excluding hydrogens is 216 g/mol. The quantitative estimate of drug-likeness (QED) is 0.796. The van der Waals surface area contributed by atoms with Crippen molar-refractivity contribution in [2.75, 3.05) is 33.4 Å². The Hall–Kier alpha value is -0.610. The van der Waals surface area contributed by atoms with Gasteiger partial charge in [0.15, 0.2) is 0 Å². The minimum Gasteiger partial charge on any atom is -0.384 e. The lowest BCUT2D eigenvalue weighted by molar-refractivity contribution is -0.132. The van der Waals surface area contributed by atoms with Gasteiger partial charge in [0.05, 0.1) is 12.6 Å². The largest absolute Gasteiger partial charge is 0.384 e. The van der Waals surface area contributed by atoms with Crippen molar-refractivity contribution < 1.29 is 9.53 Å². The Morgan fingerprint density at radius 3 is 2.88 bits per heavy atom. The molecule has 0 radical (unpaired) electrons. The summed E-state index contributed by atoms with van der Waals surface area (Å²) in [5.74, 6) is 0.743. The van der Waals surface area contributed by atoms with Crippen LogP contribution in [-0.4, -0.2) is 50.2 Å². The van der Waals surface area contributed by atoms with Crippen molar-refractivity contribution in [1.82, 2.24) is 10.2 Å². The van der Waals surface area contributed by atoms with E-state index >= 15 is 0 Å². The molecule has 0 aromatic carbocycles. The van der Waals surface area contributed by atoms with Crippen molar-refractivity contribution in [3.63, 3.8) is 0 Å². The van der Waals surface area contributed by atoms with Crippen LogP contribution in [0.3, 0.4) is 0 Å². The lowest BCUT2D eigenvalue weighted by Crippen LogP contribution is -2.43. The first kappa shape index (κ1) is 12.8. The van der Waals surface area contributed by atoms with Crippen LogP contribution in [0, 0.1) is 11.3 Å². The van der Waals surface area contributed by atoms with Crippen molar-refractivity contribution >= 4 is 5.91 Å². The van der Waals surface area contributed by atoms with E-state index in [4.69, 9.17) is 4.74 Å². The summed E-state index contributed by atoms with van der Waals surface area (Å²) in [5.41, 5.74) is 0.171. The number of likely N-dealkylation sites (tertiary alicyclic amines) is 1. The summed E-state index contributed by atoms with van der Waals surface area (Å²) in [7, 11) is 1.74. The van der Waals surface area contributed by atoms with Crippen LogP contribution in [0.25, 0.3) is 0 Å². The zero-order valence-electron chi connectivity index (χ0n) is 11.2. The molecule has 2 aliphatic heterocycles. The molecule has 1 amide bonds. The molecule has 4 nitrogen and oxygen atoms in total. The van der Waals surface area contributed by atoms with Crippen molar-refractivity contribution in [3.05, 3.63) is 0 Å². The van der Waals surface area contributed by atoms with Gasteiger partial charge in [-0.05, 0) is 24.8 Å². The van der Waals surface area contributed by atoms with Gasteiger partial charge in [0.25, 0.3) is 0 Å². The highest BCUT2D eigenvalue weighted by Crippen LogP contribution is 2.35. The van der Waals surface area contributed by atoms with Crippen LogP contribution in [0.1, 0.15) is 26.7 Å². The maximum absolute atomic E-state index is 12.3. The van der Waals surface area contributed by atoms with Gasteiger partial charge in [-0.3, -0.25) is 4.79 Å². The molecule has 4 heteroatoms. The molecule has 0 aromatic heterocycles. The first-order valence-electron chi connectivity index (χ1n) is 6.55. The van der Waals surface area contributed by atoms with Crippen molar-refractivity contribution in [2.45, 2.75) is 32.7 Å². The summed E-state index contributed by atoms with van der Waals surface area (Å²) in [4.78, 5) is 14.3. The fourth-order valence-electron chi connectivity index (χ4n) is 2.96. The lowest BCUT2D eigenvalue weighted by Gasteiger charge is -2.24. The third-order valence-electron chi connectivity index (χ3n) is 4.18. The Labute approximate surface area is 104 Å². The van der Waals surface area contributed by atoms with Gasteiger partial charge in [0, 0.05) is 26.1 Å². The van der Waals surface area contributed by atoms with Crippen LogP contribution in [0.5, 0.6) is 0 Å². The van der Waals surface area contributed by atoms with Gasteiger partial charge in [0.1, 0.15) is 0 Å². The molecule has 0 aliphatic carbocycles. The Morgan fingerprint density at radius 2 is 2.29 bits per heavy atom. The molecule has 2 fully saturated rings. The van der Waals surface area contributed by atoms with Crippen molar-refractivity contribution in [3.8, 4) is 0 Å². The molecule has 2 rings (SSSR count). The summed E-state index contributed by atoms with van der Waals surface area (Å²) < 4.78 is 5.26. The predicted molar refractivity (Wildman–Crippen MR) is 66.8 cm³/mol. The maximum Gasteiger partial charge on any atom is 0.239 e. The summed E-state index contributed by atoms with van der Waals surface area (Å²) in [6.45, 7) is 7.89. The highest BCUT2D eigenvalue weighted by atomic mass is 16.5. The second kappa shape index (κ2) is 4.94. The number of hydrogen-bond acceptors (Lipinski definition) is 3. The number of carbonyl (C=O) groups is 1. The van der Waals surface area contributed by atoms with Crippen LogP contribution in [0.4, 0.5) is 0 Å². The maximum atomic E-state index is 12.3. The first-order chi connectivity index (χ1) is 8.04. The third kappa shape index (κ3) is 2.63. The van der Waals surface area contributed by atoms with Crippen LogP contribution in [-0.2, 0) is 9.53 Å². The summed E-state index contributed by atoms with van der Waals surface area (Å²) in [6.07, 6.45) is 2.11. The number of ether oxygens (including phenoxy) is 1. The molecule has 0 unspecified atom stereocenters. The van der Waals surface area contributed by atoms with E-state index in [1.165, 1.54) is 0 Å². The fourth-order valence-corrected chi connectivity index (χ4v) is 2.96. The number of rotatable bonds is 3. The summed E-state index contributed by atoms with van der Waals surface area (Å²) in [6, 6.07) is 0.0621. The monoisotopic (exact) mass is 240 g/mol. The molecule has 0 bridgehead atoms. The summed E-state index contributed by atoms with van der Waals surface area (Å²) in [5, 5.41) is 3.28. The predicted octanol–water partition coefficient (Wildman–Crippen LogP) is 0.869. The zero-order chi connectivity index (χ0) is 12.5. The number of hydrogen-bond donors (Lipinski definition) is 1. The Bertz CT molecular complexity index is 285. The fraction of sp³-hybridized carbons (Fsp3) is 0.923. The molecule has 0 aromatic rings. The smallest absolute Gasteiger partial charge is 0.239 e. The highest BCUT2D eigenvalue weighted by molar-refractivity contribution is 5.82. The number of methoxy groups -OCH3 is 1. The van der Waals surface area contributed by atoms with Crippen LogP contribution in [0.2, 0.25) is 0 Å². The van der Waals surface area contributed by atoms with Gasteiger partial charge in [-0.15, -0.1) is 0 Å². The normalized spacial score (nSPS) is 32.1. The molecule has 0 saturated carbocycles. The lowest BCUT2D eigenvalue weighted by atomic mass is 9.83. The summed E-state index contributed by atoms with van der Waals surface area (Å²) >= 11 is 0. The minimum absolute atomic E-state index is 0.0621. The number of carbonyl (C=O) groups excluding carboxylic acids is 1. The molecule has 2 saturated heterocycles. The van der Waals surface area contributed by atoms with E-state index in [1.807, 2.05) is 4.90 Å². The molecule has 1 N–H and O–H groups in total. The van der Waals surface area contributed by atoms with E-state index < -0.39 is 0 Å². The molecule has 17 heavy (non-hydrogen) atoms. The SMILES string of the molecule is COC[C@H]1CN(C(=O)[C@H]2CCCN2)CC1(C)C. The minimum atomic E-state index is 0.0621. The van der Waals surface area contributed by atoms with Crippen LogP contribution < -0.4 is 5.32 Å². The van der Waals surface area contributed by atoms with Crippen LogP contribution in [0.15, 0.2) is 0 Å². The Kier molecular flexibility index (Phi) is 3.73. The van der Waals surface area contributed by atoms with E-state index in [2.05, 4.69) is 19.2 Å². The van der Waals surface area contributed by atoms with Gasteiger partial charge in [-0.25, -0.2) is 0 Å². The Balaban J connectivity index is 1.97. The number of amides is 1. The number of nitrogens with zero attached hydrogens (tertiary/aromatic N) is 1. The first-order valence-corrected chi connectivity index (χ1v) is 6.55. The van der Waals surface area contributed by atoms with E-state index in [-0.39, 0.29) is 17.4 Å². The average molecular weight is 240 g/mol. The van der Waals surface area contributed by atoms with E-state index in [0.29, 0.717) is 5.92 Å². The molecule has 2 atom stereocenters. The van der Waals surface area contributed by atoms with Crippen molar-refractivity contribution in [2.24, 2.45) is 11.3 Å². The van der Waals surface area contributed by atoms with Crippen molar-refractivity contribution in [1.29, 1.82) is 0 Å². The Morgan fingerprint density at radius 1 is 1.53 bits per heavy atom. The number of nitrogens with one attached hydrogen (secondary N) is 1. The van der Waals surface area contributed by atoms with E-state index in [9.17, 15) is 4.79 Å². The second-order valence-corrected chi connectivity index (χ2v) is 6.01. The van der Waals surface area contributed by atoms with Crippen LogP contribution >= 0.6 is 0 Å². The van der Waals surface area contributed by atoms with E-state index in [0.717, 1.165) is 39.1 Å². The third-order valence-corrected chi connectivity index (χ3v) is 4.18. The average Bonchev–Trinajstić information content (AvgIpc) is 2.87. The van der Waals surface area contributed by atoms with Gasteiger partial charge in [-0.1, -0.05) is 13.8 Å². The molecule has 0 spiro atoms.